The Bertz CT molecular complexity index is 273. The number of aromatic nitrogens is 1. The molecular weight excluding hydrogens is 195 g/mol. The zero-order chi connectivity index (χ0) is 10.6. The summed E-state index contributed by atoms with van der Waals surface area (Å²) in [6.45, 7) is 0. The van der Waals surface area contributed by atoms with Crippen molar-refractivity contribution in [2.45, 2.75) is 18.6 Å². The summed E-state index contributed by atoms with van der Waals surface area (Å²) in [6, 6.07) is 3.75. The molecule has 1 unspecified atom stereocenters. The maximum atomic E-state index is 12.1. The topological polar surface area (TPSA) is 50.9 Å². The lowest BCUT2D eigenvalue weighted by Gasteiger charge is -2.16. The van der Waals surface area contributed by atoms with Crippen LogP contribution in [0.5, 0.6) is 0 Å². The molecule has 0 aromatic carbocycles. The molecule has 3 nitrogen and oxygen atoms in total. The molecule has 6 heteroatoms. The quantitative estimate of drug-likeness (QED) is 0.581. The number of rotatable bonds is 3. The molecule has 1 heterocycles. The summed E-state index contributed by atoms with van der Waals surface area (Å²) in [5, 5.41) is 0. The molecule has 0 fully saturated rings. The van der Waals surface area contributed by atoms with Crippen molar-refractivity contribution in [3.05, 3.63) is 30.1 Å². The average Bonchev–Trinajstić information content (AvgIpc) is 2.14. The van der Waals surface area contributed by atoms with Crippen LogP contribution >= 0.6 is 0 Å². The highest BCUT2D eigenvalue weighted by Gasteiger charge is 2.32. The maximum Gasteiger partial charge on any atom is 0.391 e. The number of hydrazine groups is 1. The molecule has 0 aliphatic heterocycles. The first-order valence-electron chi connectivity index (χ1n) is 3.97. The standard InChI is InChI=1S/C8H10F3N3/c9-8(10,11)5-7(14-12)6-3-1-2-4-13-6/h1-4,7,14H,5,12H2. The summed E-state index contributed by atoms with van der Waals surface area (Å²) in [4.78, 5) is 3.79. The average molecular weight is 205 g/mol. The van der Waals surface area contributed by atoms with Crippen molar-refractivity contribution in [2.24, 2.45) is 5.84 Å². The van der Waals surface area contributed by atoms with Crippen molar-refractivity contribution in [2.75, 3.05) is 0 Å². The molecule has 14 heavy (non-hydrogen) atoms. The van der Waals surface area contributed by atoms with E-state index in [0.717, 1.165) is 0 Å². The van der Waals surface area contributed by atoms with E-state index in [0.29, 0.717) is 0 Å². The highest BCUT2D eigenvalue weighted by molar-refractivity contribution is 5.08. The molecular formula is C8H10F3N3. The predicted octanol–water partition coefficient (Wildman–Crippen LogP) is 1.54. The van der Waals surface area contributed by atoms with Gasteiger partial charge in [-0.1, -0.05) is 6.07 Å². The molecule has 1 rings (SSSR count). The number of nitrogens with one attached hydrogen (secondary N) is 1. The number of hydrogen-bond acceptors (Lipinski definition) is 3. The summed E-state index contributed by atoms with van der Waals surface area (Å²) >= 11 is 0. The van der Waals surface area contributed by atoms with Gasteiger partial charge in [0.15, 0.2) is 0 Å². The number of hydrogen-bond donors (Lipinski definition) is 2. The number of pyridine rings is 1. The Hall–Kier alpha value is -1.14. The largest absolute Gasteiger partial charge is 0.391 e. The van der Waals surface area contributed by atoms with Gasteiger partial charge in [0, 0.05) is 6.20 Å². The first kappa shape index (κ1) is 10.9. The molecule has 0 radical (unpaired) electrons. The van der Waals surface area contributed by atoms with Gasteiger partial charge in [0.25, 0.3) is 0 Å². The van der Waals surface area contributed by atoms with Gasteiger partial charge in [0.05, 0.1) is 18.2 Å². The third-order valence-corrected chi connectivity index (χ3v) is 1.68. The zero-order valence-corrected chi connectivity index (χ0v) is 7.25. The first-order valence-corrected chi connectivity index (χ1v) is 3.97. The Morgan fingerprint density at radius 3 is 2.57 bits per heavy atom. The molecule has 1 atom stereocenters. The normalized spacial score (nSPS) is 14.0. The third kappa shape index (κ3) is 3.31. The van der Waals surface area contributed by atoms with Crippen molar-refractivity contribution in [3.63, 3.8) is 0 Å². The Balaban J connectivity index is 2.73. The zero-order valence-electron chi connectivity index (χ0n) is 7.25. The van der Waals surface area contributed by atoms with Crippen LogP contribution in [0.2, 0.25) is 0 Å². The lowest BCUT2D eigenvalue weighted by Crippen LogP contribution is -2.32. The predicted molar refractivity (Wildman–Crippen MR) is 45.0 cm³/mol. The van der Waals surface area contributed by atoms with Gasteiger partial charge in [-0.3, -0.25) is 16.3 Å². The van der Waals surface area contributed by atoms with E-state index in [2.05, 4.69) is 10.4 Å². The van der Waals surface area contributed by atoms with Gasteiger partial charge in [-0.15, -0.1) is 0 Å². The Kier molecular flexibility index (Phi) is 3.43. The molecule has 0 aliphatic rings. The molecule has 0 saturated carbocycles. The van der Waals surface area contributed by atoms with Crippen molar-refractivity contribution < 1.29 is 13.2 Å². The van der Waals surface area contributed by atoms with E-state index in [9.17, 15) is 13.2 Å². The second-order valence-electron chi connectivity index (χ2n) is 2.79. The molecule has 1 aromatic rings. The molecule has 0 spiro atoms. The van der Waals surface area contributed by atoms with Crippen molar-refractivity contribution >= 4 is 0 Å². The highest BCUT2D eigenvalue weighted by atomic mass is 19.4. The smallest absolute Gasteiger partial charge is 0.271 e. The molecule has 3 N–H and O–H groups in total. The van der Waals surface area contributed by atoms with Crippen LogP contribution in [0.4, 0.5) is 13.2 Å². The summed E-state index contributed by atoms with van der Waals surface area (Å²) in [5.74, 6) is 5.02. The van der Waals surface area contributed by atoms with Crippen LogP contribution in [-0.2, 0) is 0 Å². The Morgan fingerprint density at radius 2 is 2.14 bits per heavy atom. The molecule has 0 bridgehead atoms. The van der Waals surface area contributed by atoms with E-state index < -0.39 is 18.6 Å². The number of nitrogens with two attached hydrogens (primary N) is 1. The number of halogens is 3. The fraction of sp³-hybridized carbons (Fsp3) is 0.375. The van der Waals surface area contributed by atoms with Crippen LogP contribution in [-0.4, -0.2) is 11.2 Å². The fourth-order valence-corrected chi connectivity index (χ4v) is 1.06. The minimum atomic E-state index is -4.26. The van der Waals surface area contributed by atoms with Crippen LogP contribution in [0, 0.1) is 0 Å². The van der Waals surface area contributed by atoms with E-state index in [1.165, 1.54) is 12.3 Å². The molecule has 1 aromatic heterocycles. The minimum Gasteiger partial charge on any atom is -0.271 e. The van der Waals surface area contributed by atoms with Gasteiger partial charge in [0.1, 0.15) is 0 Å². The highest BCUT2D eigenvalue weighted by Crippen LogP contribution is 2.27. The summed E-state index contributed by atoms with van der Waals surface area (Å²) in [5.41, 5.74) is 2.38. The van der Waals surface area contributed by atoms with Crippen molar-refractivity contribution in [3.8, 4) is 0 Å². The summed E-state index contributed by atoms with van der Waals surface area (Å²) in [7, 11) is 0. The van der Waals surface area contributed by atoms with E-state index in [1.54, 1.807) is 12.1 Å². The van der Waals surface area contributed by atoms with Crippen LogP contribution < -0.4 is 11.3 Å². The summed E-state index contributed by atoms with van der Waals surface area (Å²) in [6.07, 6.45) is -3.86. The van der Waals surface area contributed by atoms with Crippen LogP contribution in [0.3, 0.4) is 0 Å². The minimum absolute atomic E-state index is 0.285. The Morgan fingerprint density at radius 1 is 1.43 bits per heavy atom. The molecule has 0 amide bonds. The van der Waals surface area contributed by atoms with Gasteiger partial charge < -0.3 is 0 Å². The van der Waals surface area contributed by atoms with Crippen LogP contribution in [0.15, 0.2) is 24.4 Å². The van der Waals surface area contributed by atoms with E-state index in [-0.39, 0.29) is 5.69 Å². The van der Waals surface area contributed by atoms with Gasteiger partial charge in [0.2, 0.25) is 0 Å². The molecule has 0 aliphatic carbocycles. The SMILES string of the molecule is NNC(CC(F)(F)F)c1ccccn1. The second-order valence-corrected chi connectivity index (χ2v) is 2.79. The first-order chi connectivity index (χ1) is 6.53. The van der Waals surface area contributed by atoms with E-state index in [4.69, 9.17) is 5.84 Å². The van der Waals surface area contributed by atoms with Crippen LogP contribution in [0.1, 0.15) is 18.2 Å². The molecule has 78 valence electrons. The van der Waals surface area contributed by atoms with E-state index >= 15 is 0 Å². The number of alkyl halides is 3. The lowest BCUT2D eigenvalue weighted by atomic mass is 10.1. The molecule has 0 saturated heterocycles. The van der Waals surface area contributed by atoms with Gasteiger partial charge in [-0.25, -0.2) is 0 Å². The van der Waals surface area contributed by atoms with Gasteiger partial charge in [-0.05, 0) is 12.1 Å². The second kappa shape index (κ2) is 4.39. The monoisotopic (exact) mass is 205 g/mol. The summed E-state index contributed by atoms with van der Waals surface area (Å²) < 4.78 is 36.2. The van der Waals surface area contributed by atoms with Crippen molar-refractivity contribution in [1.29, 1.82) is 0 Å². The Labute approximate surface area is 79.1 Å². The van der Waals surface area contributed by atoms with Crippen molar-refractivity contribution in [1.82, 2.24) is 10.4 Å². The maximum absolute atomic E-state index is 12.1. The lowest BCUT2D eigenvalue weighted by molar-refractivity contribution is -0.140. The van der Waals surface area contributed by atoms with Crippen LogP contribution in [0.25, 0.3) is 0 Å². The van der Waals surface area contributed by atoms with E-state index in [1.807, 2.05) is 0 Å². The third-order valence-electron chi connectivity index (χ3n) is 1.68. The van der Waals surface area contributed by atoms with Gasteiger partial charge >= 0.3 is 6.18 Å². The number of nitrogens with zero attached hydrogens (tertiary/aromatic N) is 1. The fourth-order valence-electron chi connectivity index (χ4n) is 1.06. The van der Waals surface area contributed by atoms with Gasteiger partial charge in [-0.2, -0.15) is 13.2 Å².